The molecule has 1 N–H and O–H groups in total. The summed E-state index contributed by atoms with van der Waals surface area (Å²) < 4.78 is 7.61. The van der Waals surface area contributed by atoms with E-state index in [0.29, 0.717) is 21.5 Å². The van der Waals surface area contributed by atoms with Crippen molar-refractivity contribution in [2.24, 2.45) is 0 Å². The van der Waals surface area contributed by atoms with Gasteiger partial charge in [0.15, 0.2) is 0 Å². The van der Waals surface area contributed by atoms with E-state index in [-0.39, 0.29) is 5.91 Å². The monoisotopic (exact) mass is 461 g/mol. The number of anilines is 1. The third-order valence-electron chi connectivity index (χ3n) is 2.58. The van der Waals surface area contributed by atoms with Gasteiger partial charge in [-0.3, -0.25) is 4.79 Å². The molecule has 2 aromatic rings. The van der Waals surface area contributed by atoms with Gasteiger partial charge in [0.05, 0.1) is 22.8 Å². The number of hydrogen-bond acceptors (Lipinski definition) is 2. The van der Waals surface area contributed by atoms with Gasteiger partial charge in [-0.1, -0.05) is 28.1 Å². The normalized spacial score (nSPS) is 10.2. The summed E-state index contributed by atoms with van der Waals surface area (Å²) in [4.78, 5) is 12.4. The van der Waals surface area contributed by atoms with E-state index in [1.54, 1.807) is 6.07 Å². The largest absolute Gasteiger partial charge is 0.495 e. The second kappa shape index (κ2) is 6.74. The minimum Gasteiger partial charge on any atom is -0.495 e. The standard InChI is InChI=1S/C14H10Br3NO2/c1-20-13-9(6-8(15)7-11(13)17)14(19)18-12-5-3-2-4-10(12)16/h2-7H,1H3,(H,18,19). The predicted octanol–water partition coefficient (Wildman–Crippen LogP) is 5.24. The molecule has 0 atom stereocenters. The Labute approximate surface area is 142 Å². The molecule has 2 aromatic carbocycles. The average Bonchev–Trinajstić information content (AvgIpc) is 2.40. The van der Waals surface area contributed by atoms with Crippen molar-refractivity contribution in [2.45, 2.75) is 0 Å². The third-order valence-corrected chi connectivity index (χ3v) is 4.32. The zero-order chi connectivity index (χ0) is 14.7. The summed E-state index contributed by atoms with van der Waals surface area (Å²) in [5, 5.41) is 2.85. The first-order chi connectivity index (χ1) is 9.52. The molecule has 0 bridgehead atoms. The Morgan fingerprint density at radius 3 is 2.45 bits per heavy atom. The molecular weight excluding hydrogens is 454 g/mol. The van der Waals surface area contributed by atoms with Crippen LogP contribution < -0.4 is 10.1 Å². The number of ether oxygens (including phenoxy) is 1. The fraction of sp³-hybridized carbons (Fsp3) is 0.0714. The first-order valence-electron chi connectivity index (χ1n) is 5.62. The molecule has 0 saturated heterocycles. The van der Waals surface area contributed by atoms with Crippen LogP contribution in [0, 0.1) is 0 Å². The van der Waals surface area contributed by atoms with Crippen LogP contribution in [0.1, 0.15) is 10.4 Å². The van der Waals surface area contributed by atoms with Crippen LogP contribution >= 0.6 is 47.8 Å². The third kappa shape index (κ3) is 3.42. The van der Waals surface area contributed by atoms with Gasteiger partial charge < -0.3 is 10.1 Å². The van der Waals surface area contributed by atoms with Crippen molar-refractivity contribution < 1.29 is 9.53 Å². The lowest BCUT2D eigenvalue weighted by Crippen LogP contribution is -2.13. The lowest BCUT2D eigenvalue weighted by Gasteiger charge is -2.12. The topological polar surface area (TPSA) is 38.3 Å². The summed E-state index contributed by atoms with van der Waals surface area (Å²) in [6.45, 7) is 0. The zero-order valence-electron chi connectivity index (χ0n) is 10.4. The van der Waals surface area contributed by atoms with Crippen molar-refractivity contribution in [3.63, 3.8) is 0 Å². The smallest absolute Gasteiger partial charge is 0.259 e. The van der Waals surface area contributed by atoms with Crippen molar-refractivity contribution in [2.75, 3.05) is 12.4 Å². The van der Waals surface area contributed by atoms with E-state index in [1.165, 1.54) is 7.11 Å². The minimum atomic E-state index is -0.240. The van der Waals surface area contributed by atoms with Gasteiger partial charge >= 0.3 is 0 Å². The Morgan fingerprint density at radius 2 is 1.80 bits per heavy atom. The number of carbonyl (C=O) groups excluding carboxylic acids is 1. The van der Waals surface area contributed by atoms with Gasteiger partial charge in [-0.15, -0.1) is 0 Å². The number of carbonyl (C=O) groups is 1. The molecule has 0 spiro atoms. The molecule has 1 amide bonds. The van der Waals surface area contributed by atoms with Gasteiger partial charge in [0.1, 0.15) is 5.75 Å². The van der Waals surface area contributed by atoms with Crippen molar-refractivity contribution in [3.8, 4) is 5.75 Å². The summed E-state index contributed by atoms with van der Waals surface area (Å²) in [6.07, 6.45) is 0. The summed E-state index contributed by atoms with van der Waals surface area (Å²) in [5.41, 5.74) is 1.15. The van der Waals surface area contributed by atoms with Crippen LogP contribution in [0.2, 0.25) is 0 Å². The lowest BCUT2D eigenvalue weighted by atomic mass is 10.2. The number of benzene rings is 2. The van der Waals surface area contributed by atoms with Crippen LogP contribution in [-0.4, -0.2) is 13.0 Å². The van der Waals surface area contributed by atoms with Crippen molar-refractivity contribution in [3.05, 3.63) is 55.4 Å². The van der Waals surface area contributed by atoms with Crippen molar-refractivity contribution >= 4 is 59.4 Å². The maximum absolute atomic E-state index is 12.4. The van der Waals surface area contributed by atoms with Crippen molar-refractivity contribution in [1.82, 2.24) is 0 Å². The van der Waals surface area contributed by atoms with E-state index in [1.807, 2.05) is 30.3 Å². The highest BCUT2D eigenvalue weighted by molar-refractivity contribution is 9.11. The number of para-hydroxylation sites is 1. The van der Waals surface area contributed by atoms with E-state index in [9.17, 15) is 4.79 Å². The molecule has 0 saturated carbocycles. The molecule has 104 valence electrons. The highest BCUT2D eigenvalue weighted by Gasteiger charge is 2.17. The van der Waals surface area contributed by atoms with Crippen LogP contribution in [0.3, 0.4) is 0 Å². The Bertz CT molecular complexity index is 659. The number of hydrogen-bond donors (Lipinski definition) is 1. The second-order valence-electron chi connectivity index (χ2n) is 3.90. The van der Waals surface area contributed by atoms with Crippen LogP contribution in [-0.2, 0) is 0 Å². The van der Waals surface area contributed by atoms with E-state index >= 15 is 0 Å². The van der Waals surface area contributed by atoms with Crippen LogP contribution in [0.5, 0.6) is 5.75 Å². The molecule has 0 fully saturated rings. The highest BCUT2D eigenvalue weighted by Crippen LogP contribution is 2.33. The maximum Gasteiger partial charge on any atom is 0.259 e. The SMILES string of the molecule is COc1c(Br)cc(Br)cc1C(=O)Nc1ccccc1Br. The molecule has 0 aliphatic carbocycles. The number of nitrogens with one attached hydrogen (secondary N) is 1. The minimum absolute atomic E-state index is 0.240. The molecule has 0 unspecified atom stereocenters. The van der Waals surface area contributed by atoms with Gasteiger partial charge in [-0.25, -0.2) is 0 Å². The molecule has 0 aliphatic rings. The molecule has 0 heterocycles. The zero-order valence-corrected chi connectivity index (χ0v) is 15.2. The number of rotatable bonds is 3. The summed E-state index contributed by atoms with van der Waals surface area (Å²) in [6, 6.07) is 11.0. The lowest BCUT2D eigenvalue weighted by molar-refractivity contribution is 0.102. The Kier molecular flexibility index (Phi) is 5.23. The summed E-state index contributed by atoms with van der Waals surface area (Å²) in [7, 11) is 1.53. The maximum atomic E-state index is 12.4. The molecule has 2 rings (SSSR count). The molecule has 0 aliphatic heterocycles. The van der Waals surface area contributed by atoms with Crippen molar-refractivity contribution in [1.29, 1.82) is 0 Å². The van der Waals surface area contributed by atoms with Gasteiger partial charge in [0, 0.05) is 8.95 Å². The number of amides is 1. The van der Waals surface area contributed by atoms with E-state index in [2.05, 4.69) is 53.1 Å². The summed E-state index contributed by atoms with van der Waals surface area (Å²) in [5.74, 6) is 0.258. The van der Waals surface area contributed by atoms with Gasteiger partial charge in [-0.05, 0) is 56.1 Å². The molecule has 20 heavy (non-hydrogen) atoms. The molecule has 3 nitrogen and oxygen atoms in total. The van der Waals surface area contributed by atoms with Crippen LogP contribution in [0.4, 0.5) is 5.69 Å². The van der Waals surface area contributed by atoms with E-state index in [0.717, 1.165) is 8.95 Å². The van der Waals surface area contributed by atoms with E-state index < -0.39 is 0 Å². The molecule has 6 heteroatoms. The quantitative estimate of drug-likeness (QED) is 0.676. The predicted molar refractivity (Wildman–Crippen MR) is 90.5 cm³/mol. The number of halogens is 3. The fourth-order valence-electron chi connectivity index (χ4n) is 1.69. The van der Waals surface area contributed by atoms with Crippen LogP contribution in [0.15, 0.2) is 49.8 Å². The first-order valence-corrected chi connectivity index (χ1v) is 7.99. The van der Waals surface area contributed by atoms with Crippen LogP contribution in [0.25, 0.3) is 0 Å². The Morgan fingerprint density at radius 1 is 1.10 bits per heavy atom. The van der Waals surface area contributed by atoms with Gasteiger partial charge in [0.2, 0.25) is 0 Å². The van der Waals surface area contributed by atoms with Gasteiger partial charge in [-0.2, -0.15) is 0 Å². The van der Waals surface area contributed by atoms with E-state index in [4.69, 9.17) is 4.74 Å². The average molecular weight is 464 g/mol. The fourth-order valence-corrected chi connectivity index (χ4v) is 3.46. The molecule has 0 radical (unpaired) electrons. The molecule has 0 aromatic heterocycles. The first kappa shape index (κ1) is 15.5. The Balaban J connectivity index is 2.37. The molecular formula is C14H10Br3NO2. The summed E-state index contributed by atoms with van der Waals surface area (Å²) >= 11 is 10.1. The number of methoxy groups -OCH3 is 1. The second-order valence-corrected chi connectivity index (χ2v) is 6.53. The Hall–Kier alpha value is -0.850. The van der Waals surface area contributed by atoms with Gasteiger partial charge in [0.25, 0.3) is 5.91 Å². The highest BCUT2D eigenvalue weighted by atomic mass is 79.9.